The number of ether oxygens (including phenoxy) is 1. The number of aliphatic carboxylic acids is 1. The standard InChI is InChI=1S/C19H19N5O4.ClH/c1-28-14-10-24(13-4-2-11(3-5-13)18(20)21)19(27)17(14)12-8-22-15(23-9-12)6-7-16(25)26;/h2-5,8-9H,6-7,10H2,1H3,(H3,20,21)(H,25,26);1H. The van der Waals surface area contributed by atoms with E-state index in [9.17, 15) is 9.59 Å². The number of nitrogens with two attached hydrogens (primary N) is 1. The molecule has 152 valence electrons. The molecule has 0 bridgehead atoms. The van der Waals surface area contributed by atoms with E-state index in [2.05, 4.69) is 9.97 Å². The molecule has 9 nitrogen and oxygen atoms in total. The zero-order chi connectivity index (χ0) is 20.3. The van der Waals surface area contributed by atoms with Crippen molar-refractivity contribution in [3.8, 4) is 0 Å². The minimum absolute atomic E-state index is 0. The van der Waals surface area contributed by atoms with Gasteiger partial charge in [0.2, 0.25) is 0 Å². The van der Waals surface area contributed by atoms with E-state index in [0.29, 0.717) is 34.0 Å². The first-order valence-electron chi connectivity index (χ1n) is 8.47. The Morgan fingerprint density at radius 1 is 1.28 bits per heavy atom. The highest BCUT2D eigenvalue weighted by Gasteiger charge is 2.33. The minimum Gasteiger partial charge on any atom is -0.498 e. The third-order valence-electron chi connectivity index (χ3n) is 4.33. The van der Waals surface area contributed by atoms with Crippen molar-refractivity contribution in [3.05, 3.63) is 59.4 Å². The minimum atomic E-state index is -0.922. The number of hydrogen-bond acceptors (Lipinski definition) is 6. The van der Waals surface area contributed by atoms with Crippen molar-refractivity contribution in [3.63, 3.8) is 0 Å². The first-order chi connectivity index (χ1) is 13.4. The van der Waals surface area contributed by atoms with Gasteiger partial charge < -0.3 is 20.5 Å². The lowest BCUT2D eigenvalue weighted by Crippen LogP contribution is -2.26. The summed E-state index contributed by atoms with van der Waals surface area (Å²) in [5.74, 6) is -0.338. The zero-order valence-corrected chi connectivity index (χ0v) is 16.4. The van der Waals surface area contributed by atoms with Gasteiger partial charge in [-0.2, -0.15) is 0 Å². The average molecular weight is 418 g/mol. The molecule has 4 N–H and O–H groups in total. The van der Waals surface area contributed by atoms with Crippen LogP contribution >= 0.6 is 12.4 Å². The van der Waals surface area contributed by atoms with Gasteiger partial charge in [-0.15, -0.1) is 12.4 Å². The van der Waals surface area contributed by atoms with Gasteiger partial charge >= 0.3 is 5.97 Å². The lowest BCUT2D eigenvalue weighted by atomic mass is 10.1. The fourth-order valence-electron chi connectivity index (χ4n) is 2.86. The van der Waals surface area contributed by atoms with E-state index >= 15 is 0 Å². The molecule has 3 rings (SSSR count). The van der Waals surface area contributed by atoms with Crippen LogP contribution in [0.5, 0.6) is 0 Å². The molecular formula is C19H20ClN5O4. The van der Waals surface area contributed by atoms with Crippen molar-refractivity contribution >= 4 is 41.4 Å². The predicted molar refractivity (Wildman–Crippen MR) is 109 cm³/mol. The molecule has 1 amide bonds. The maximum absolute atomic E-state index is 13.0. The van der Waals surface area contributed by atoms with Crippen molar-refractivity contribution in [2.24, 2.45) is 5.73 Å². The normalized spacial score (nSPS) is 13.3. The number of nitrogens with zero attached hydrogens (tertiary/aromatic N) is 3. The molecule has 0 unspecified atom stereocenters. The Morgan fingerprint density at radius 2 is 1.90 bits per heavy atom. The number of halogens is 1. The Bertz CT molecular complexity index is 958. The molecule has 0 saturated heterocycles. The molecule has 2 heterocycles. The van der Waals surface area contributed by atoms with Gasteiger partial charge in [0.05, 0.1) is 25.6 Å². The third kappa shape index (κ3) is 4.69. The molecule has 10 heteroatoms. The first-order valence-corrected chi connectivity index (χ1v) is 8.47. The summed E-state index contributed by atoms with van der Waals surface area (Å²) in [6, 6.07) is 6.79. The molecule has 0 fully saturated rings. The van der Waals surface area contributed by atoms with Crippen LogP contribution in [0.25, 0.3) is 5.57 Å². The van der Waals surface area contributed by atoms with Crippen LogP contribution in [0.15, 0.2) is 42.4 Å². The summed E-state index contributed by atoms with van der Waals surface area (Å²) in [4.78, 5) is 33.5. The van der Waals surface area contributed by atoms with Gasteiger partial charge in [-0.25, -0.2) is 9.97 Å². The van der Waals surface area contributed by atoms with Gasteiger partial charge in [0.15, 0.2) is 0 Å². The van der Waals surface area contributed by atoms with Crippen molar-refractivity contribution in [1.82, 2.24) is 9.97 Å². The number of carboxylic acids is 1. The van der Waals surface area contributed by atoms with Gasteiger partial charge in [-0.05, 0) is 24.3 Å². The van der Waals surface area contributed by atoms with Gasteiger partial charge in [0.1, 0.15) is 17.4 Å². The predicted octanol–water partition coefficient (Wildman–Crippen LogP) is 1.60. The van der Waals surface area contributed by atoms with Crippen LogP contribution in [-0.2, 0) is 20.7 Å². The number of hydrogen-bond donors (Lipinski definition) is 3. The first kappa shape index (κ1) is 21.8. The van der Waals surface area contributed by atoms with E-state index in [1.165, 1.54) is 19.5 Å². The topological polar surface area (TPSA) is 142 Å². The molecule has 1 aliphatic heterocycles. The van der Waals surface area contributed by atoms with E-state index in [-0.39, 0.29) is 43.5 Å². The van der Waals surface area contributed by atoms with Gasteiger partial charge in [-0.1, -0.05) is 0 Å². The molecule has 0 radical (unpaired) electrons. The number of benzene rings is 1. The summed E-state index contributed by atoms with van der Waals surface area (Å²) in [6.45, 7) is 0.255. The molecule has 2 aromatic rings. The number of anilines is 1. The second-order valence-corrected chi connectivity index (χ2v) is 6.14. The lowest BCUT2D eigenvalue weighted by Gasteiger charge is -2.17. The van der Waals surface area contributed by atoms with Crippen LogP contribution < -0.4 is 10.6 Å². The molecule has 0 atom stereocenters. The number of aryl methyl sites for hydroxylation is 1. The zero-order valence-electron chi connectivity index (χ0n) is 15.6. The lowest BCUT2D eigenvalue weighted by molar-refractivity contribution is -0.137. The van der Waals surface area contributed by atoms with Gasteiger partial charge in [0, 0.05) is 35.6 Å². The van der Waals surface area contributed by atoms with Crippen LogP contribution in [0, 0.1) is 5.41 Å². The van der Waals surface area contributed by atoms with E-state index in [1.54, 1.807) is 29.2 Å². The summed E-state index contributed by atoms with van der Waals surface area (Å²) in [6.07, 6.45) is 3.15. The second kappa shape index (κ2) is 9.16. The van der Waals surface area contributed by atoms with E-state index in [1.807, 2.05) is 0 Å². The smallest absolute Gasteiger partial charge is 0.303 e. The number of nitrogens with one attached hydrogen (secondary N) is 1. The largest absolute Gasteiger partial charge is 0.498 e. The highest BCUT2D eigenvalue weighted by molar-refractivity contribution is 6.29. The van der Waals surface area contributed by atoms with Crippen LogP contribution in [0.2, 0.25) is 0 Å². The maximum Gasteiger partial charge on any atom is 0.303 e. The number of amidine groups is 1. The van der Waals surface area contributed by atoms with Crippen LogP contribution in [-0.4, -0.2) is 46.4 Å². The quantitative estimate of drug-likeness (QED) is 0.458. The fourth-order valence-corrected chi connectivity index (χ4v) is 2.86. The van der Waals surface area contributed by atoms with Crippen molar-refractivity contribution in [1.29, 1.82) is 5.41 Å². The number of amides is 1. The molecule has 0 spiro atoms. The Balaban J connectivity index is 0.00000300. The molecular weight excluding hydrogens is 398 g/mol. The Morgan fingerprint density at radius 3 is 2.41 bits per heavy atom. The van der Waals surface area contributed by atoms with Crippen molar-refractivity contribution < 1.29 is 19.4 Å². The third-order valence-corrected chi connectivity index (χ3v) is 4.33. The molecule has 29 heavy (non-hydrogen) atoms. The molecule has 0 aliphatic carbocycles. The van der Waals surface area contributed by atoms with Gasteiger partial charge in [0.25, 0.3) is 5.91 Å². The van der Waals surface area contributed by atoms with Crippen molar-refractivity contribution in [2.45, 2.75) is 12.8 Å². The number of carboxylic acid groups (broad SMARTS) is 1. The molecule has 1 aromatic carbocycles. The van der Waals surface area contributed by atoms with Crippen LogP contribution in [0.4, 0.5) is 5.69 Å². The van der Waals surface area contributed by atoms with Crippen molar-refractivity contribution in [2.75, 3.05) is 18.6 Å². The van der Waals surface area contributed by atoms with Crippen LogP contribution in [0.1, 0.15) is 23.4 Å². The Labute approximate surface area is 173 Å². The maximum atomic E-state index is 13.0. The highest BCUT2D eigenvalue weighted by atomic mass is 35.5. The number of rotatable bonds is 7. The van der Waals surface area contributed by atoms with E-state index in [0.717, 1.165) is 0 Å². The molecule has 1 aliphatic rings. The average Bonchev–Trinajstić information content (AvgIpc) is 3.03. The number of carbonyl (C=O) groups excluding carboxylic acids is 1. The SMILES string of the molecule is COC1=C(c2cnc(CCC(=O)O)nc2)C(=O)N(c2ccc(C(=N)N)cc2)C1.Cl. The summed E-state index contributed by atoms with van der Waals surface area (Å²) < 4.78 is 5.40. The number of nitrogen functional groups attached to an aromatic ring is 1. The molecule has 1 aromatic heterocycles. The summed E-state index contributed by atoms with van der Waals surface area (Å²) >= 11 is 0. The fraction of sp³-hybridized carbons (Fsp3) is 0.211. The van der Waals surface area contributed by atoms with Crippen LogP contribution in [0.3, 0.4) is 0 Å². The second-order valence-electron chi connectivity index (χ2n) is 6.14. The highest BCUT2D eigenvalue weighted by Crippen LogP contribution is 2.31. The van der Waals surface area contributed by atoms with E-state index in [4.69, 9.17) is 21.0 Å². The number of aromatic nitrogens is 2. The van der Waals surface area contributed by atoms with E-state index < -0.39 is 5.97 Å². The Kier molecular flexibility index (Phi) is 6.89. The molecule has 0 saturated carbocycles. The Hall–Kier alpha value is -3.46. The van der Waals surface area contributed by atoms with Gasteiger partial charge in [-0.3, -0.25) is 15.0 Å². The number of methoxy groups -OCH3 is 1. The number of carbonyl (C=O) groups is 2. The summed E-state index contributed by atoms with van der Waals surface area (Å²) in [5, 5.41) is 16.2. The summed E-state index contributed by atoms with van der Waals surface area (Å²) in [5.41, 5.74) is 7.55. The monoisotopic (exact) mass is 417 g/mol. The summed E-state index contributed by atoms with van der Waals surface area (Å²) in [7, 11) is 1.49.